The first-order chi connectivity index (χ1) is 31.9. The van der Waals surface area contributed by atoms with Crippen molar-refractivity contribution in [1.82, 2.24) is 0 Å². The Morgan fingerprint density at radius 3 is 1.25 bits per heavy atom. The highest BCUT2D eigenvalue weighted by atomic mass is 16.7. The second-order valence-electron chi connectivity index (χ2n) is 17.3. The van der Waals surface area contributed by atoms with Crippen LogP contribution >= 0.6 is 0 Å². The summed E-state index contributed by atoms with van der Waals surface area (Å²) in [6.07, 6.45) is 1.55. The number of ketones is 4. The molecule has 1 heterocycles. The lowest BCUT2D eigenvalue weighted by Crippen LogP contribution is -2.63. The number of hydrogen-bond acceptors (Lipinski definition) is 18. The molecule has 0 bridgehead atoms. The molecule has 0 aliphatic carbocycles. The lowest BCUT2D eigenvalue weighted by atomic mass is 9.97. The molecule has 1 aliphatic rings. The Kier molecular flexibility index (Phi) is 32.9. The summed E-state index contributed by atoms with van der Waals surface area (Å²) in [4.78, 5) is 126. The van der Waals surface area contributed by atoms with Crippen LogP contribution < -0.4 is 0 Å². The van der Waals surface area contributed by atoms with Gasteiger partial charge in [-0.15, -0.1) is 0 Å². The normalized spacial score (nSPS) is 18.2. The van der Waals surface area contributed by atoms with Gasteiger partial charge in [0.2, 0.25) is 0 Å². The van der Waals surface area contributed by atoms with Gasteiger partial charge in [0.25, 0.3) is 0 Å². The van der Waals surface area contributed by atoms with Gasteiger partial charge in [-0.3, -0.25) is 28.8 Å². The number of rotatable bonds is 39. The molecule has 0 aromatic heterocycles. The number of esters is 6. The maximum absolute atomic E-state index is 13.4. The molecule has 1 unspecified atom stereocenters. The smallest absolute Gasteiger partial charge is 0.306 e. The third-order valence-corrected chi connectivity index (χ3v) is 10.7. The van der Waals surface area contributed by atoms with Gasteiger partial charge in [-0.2, -0.15) is 0 Å². The molecule has 1 rings (SSSR count). The fraction of sp³-hybridized carbons (Fsp3) is 0.796. The Bertz CT molecular complexity index is 1560. The Morgan fingerprint density at radius 1 is 0.403 bits per heavy atom. The molecule has 0 aromatic rings. The Morgan fingerprint density at radius 2 is 0.791 bits per heavy atom. The highest BCUT2D eigenvalue weighted by Gasteiger charge is 2.53. The van der Waals surface area contributed by atoms with Gasteiger partial charge in [-0.05, 0) is 40.5 Å². The Balaban J connectivity index is 3.62. The van der Waals surface area contributed by atoms with E-state index in [1.807, 2.05) is 0 Å². The molecular weight excluding hydrogens is 877 g/mol. The molecule has 0 N–H and O–H groups in total. The van der Waals surface area contributed by atoms with Crippen LogP contribution in [0.15, 0.2) is 0 Å². The summed E-state index contributed by atoms with van der Waals surface area (Å²) in [5.74, 6) is -6.20. The molecule has 0 spiro atoms. The van der Waals surface area contributed by atoms with Gasteiger partial charge in [0.1, 0.15) is 42.5 Å². The van der Waals surface area contributed by atoms with Gasteiger partial charge in [0.15, 0.2) is 30.7 Å². The maximum atomic E-state index is 13.4. The fourth-order valence-corrected chi connectivity index (χ4v) is 6.81. The lowest BCUT2D eigenvalue weighted by molar-refractivity contribution is -0.312. The van der Waals surface area contributed by atoms with Gasteiger partial charge >= 0.3 is 35.8 Å². The number of carbonyl (C=O) groups is 10. The summed E-state index contributed by atoms with van der Waals surface area (Å²) in [6, 6.07) is 0. The molecule has 0 saturated carbocycles. The van der Waals surface area contributed by atoms with Crippen LogP contribution in [0.25, 0.3) is 0 Å². The van der Waals surface area contributed by atoms with Crippen molar-refractivity contribution in [3.05, 3.63) is 0 Å². The average Bonchev–Trinajstić information content (AvgIpc) is 3.27. The zero-order valence-corrected chi connectivity index (χ0v) is 40.9. The van der Waals surface area contributed by atoms with Crippen LogP contribution in [0, 0.1) is 0 Å². The van der Waals surface area contributed by atoms with E-state index in [9.17, 15) is 47.9 Å². The summed E-state index contributed by atoms with van der Waals surface area (Å²) >= 11 is 0. The maximum Gasteiger partial charge on any atom is 0.306 e. The number of unbranched alkanes of at least 4 members (excludes halogenated alkanes) is 12. The van der Waals surface area contributed by atoms with Gasteiger partial charge < -0.3 is 57.1 Å². The fourth-order valence-electron chi connectivity index (χ4n) is 6.81. The first-order valence-electron chi connectivity index (χ1n) is 24.3. The van der Waals surface area contributed by atoms with E-state index in [-0.39, 0.29) is 68.1 Å². The van der Waals surface area contributed by atoms with Crippen molar-refractivity contribution < 1.29 is 85.8 Å². The van der Waals surface area contributed by atoms with E-state index >= 15 is 0 Å². The predicted octanol–water partition coefficient (Wildman–Crippen LogP) is 7.22. The zero-order valence-electron chi connectivity index (χ0n) is 40.9. The molecule has 6 atom stereocenters. The number of Topliss-reactive ketones (excluding diaryl/α,β-unsaturated/α-hetero) is 4. The van der Waals surface area contributed by atoms with Crippen molar-refractivity contribution in [2.24, 2.45) is 0 Å². The Labute approximate surface area is 396 Å². The van der Waals surface area contributed by atoms with E-state index in [2.05, 4.69) is 13.8 Å². The molecule has 1 saturated heterocycles. The van der Waals surface area contributed by atoms with E-state index in [0.717, 1.165) is 77.0 Å². The second kappa shape index (κ2) is 36.5. The van der Waals surface area contributed by atoms with Crippen LogP contribution in [0.3, 0.4) is 0 Å². The summed E-state index contributed by atoms with van der Waals surface area (Å²) in [5, 5.41) is 0. The minimum absolute atomic E-state index is 0.0681. The third-order valence-electron chi connectivity index (χ3n) is 10.7. The molecule has 0 radical (unpaired) electrons. The standard InChI is InChI=1S/C49H78O18/c1-7-9-11-13-15-17-19-21-40(54)60-31-38(63-42(56)22-20-18-16-14-12-10-8-2)32-62-49-48(67-45(59)30-26-37(6)53)47(66-44(58)29-25-36(5)52)46(65-43(57)28-24-35(4)51)39(64-49)33-61-41(55)27-23-34(3)50/h38-39,46-49H,7-33H2,1-6H3/t38?,39-,46+,47+,48-,49-/m1/s1. The SMILES string of the molecule is CCCCCCCCCC(=O)OCC(CO[C@@H]1O[C@H](COC(=O)CCC(C)=O)[C@H](OC(=O)CCC(C)=O)[C@H](OC(=O)CCC(C)=O)[C@H]1OC(=O)CCC(C)=O)OC(=O)CCCCCCCCC. The van der Waals surface area contributed by atoms with E-state index < -0.39 is 112 Å². The van der Waals surface area contributed by atoms with Crippen LogP contribution in [0.4, 0.5) is 0 Å². The summed E-state index contributed by atoms with van der Waals surface area (Å²) in [7, 11) is 0. The van der Waals surface area contributed by atoms with Crippen molar-refractivity contribution in [1.29, 1.82) is 0 Å². The van der Waals surface area contributed by atoms with Crippen LogP contribution in [-0.2, 0) is 85.8 Å². The average molecular weight is 955 g/mol. The van der Waals surface area contributed by atoms with Crippen LogP contribution in [0.5, 0.6) is 0 Å². The molecule has 18 heteroatoms. The molecule has 67 heavy (non-hydrogen) atoms. The highest BCUT2D eigenvalue weighted by Crippen LogP contribution is 2.31. The van der Waals surface area contributed by atoms with Crippen molar-refractivity contribution in [3.63, 3.8) is 0 Å². The van der Waals surface area contributed by atoms with E-state index in [0.29, 0.717) is 12.8 Å². The topological polar surface area (TPSA) is 245 Å². The minimum atomic E-state index is -1.78. The molecule has 0 aromatic carbocycles. The highest BCUT2D eigenvalue weighted by molar-refractivity contribution is 5.83. The lowest BCUT2D eigenvalue weighted by Gasteiger charge is -2.44. The Hall–Kier alpha value is -4.58. The molecule has 1 fully saturated rings. The number of hydrogen-bond donors (Lipinski definition) is 0. The molecule has 0 amide bonds. The van der Waals surface area contributed by atoms with Crippen molar-refractivity contribution in [3.8, 4) is 0 Å². The molecule has 382 valence electrons. The second-order valence-corrected chi connectivity index (χ2v) is 17.3. The minimum Gasteiger partial charge on any atom is -0.463 e. The predicted molar refractivity (Wildman–Crippen MR) is 241 cm³/mol. The summed E-state index contributed by atoms with van der Waals surface area (Å²) < 4.78 is 46.4. The summed E-state index contributed by atoms with van der Waals surface area (Å²) in [5.41, 5.74) is 0. The molecule has 1 aliphatic heterocycles. The van der Waals surface area contributed by atoms with E-state index in [1.165, 1.54) is 27.7 Å². The number of carbonyl (C=O) groups excluding carboxylic acids is 10. The molecular formula is C49H78O18. The van der Waals surface area contributed by atoms with Crippen LogP contribution in [-0.4, -0.2) is 116 Å². The monoisotopic (exact) mass is 955 g/mol. The van der Waals surface area contributed by atoms with Crippen LogP contribution in [0.2, 0.25) is 0 Å². The van der Waals surface area contributed by atoms with Gasteiger partial charge in [0.05, 0.1) is 32.3 Å². The number of ether oxygens (including phenoxy) is 8. The summed E-state index contributed by atoms with van der Waals surface area (Å²) in [6.45, 7) is 7.68. The first kappa shape index (κ1) is 60.4. The van der Waals surface area contributed by atoms with Gasteiger partial charge in [-0.25, -0.2) is 0 Å². The van der Waals surface area contributed by atoms with Gasteiger partial charge in [0, 0.05) is 38.5 Å². The van der Waals surface area contributed by atoms with Crippen LogP contribution in [0.1, 0.15) is 196 Å². The molecule has 18 nitrogen and oxygen atoms in total. The quantitative estimate of drug-likeness (QED) is 0.0335. The van der Waals surface area contributed by atoms with Crippen molar-refractivity contribution >= 4 is 58.9 Å². The van der Waals surface area contributed by atoms with E-state index in [4.69, 9.17) is 37.9 Å². The van der Waals surface area contributed by atoms with Crippen molar-refractivity contribution in [2.45, 2.75) is 232 Å². The van der Waals surface area contributed by atoms with Gasteiger partial charge in [-0.1, -0.05) is 90.9 Å². The largest absolute Gasteiger partial charge is 0.463 e. The van der Waals surface area contributed by atoms with Crippen molar-refractivity contribution in [2.75, 3.05) is 19.8 Å². The third kappa shape index (κ3) is 30.4. The zero-order chi connectivity index (χ0) is 50.0. The first-order valence-corrected chi connectivity index (χ1v) is 24.3. The van der Waals surface area contributed by atoms with E-state index in [1.54, 1.807) is 0 Å².